The monoisotopic (exact) mass is 270 g/mol. The van der Waals surface area contributed by atoms with Gasteiger partial charge in [-0.3, -0.25) is 0 Å². The van der Waals surface area contributed by atoms with Crippen molar-refractivity contribution < 1.29 is 9.84 Å². The van der Waals surface area contributed by atoms with Crippen molar-refractivity contribution in [3.63, 3.8) is 0 Å². The molecule has 1 atom stereocenters. The van der Waals surface area contributed by atoms with Crippen molar-refractivity contribution in [1.29, 1.82) is 0 Å². The molecule has 0 aromatic heterocycles. The zero-order chi connectivity index (χ0) is 14.2. The molecular formula is C18H22O2. The van der Waals surface area contributed by atoms with E-state index in [1.165, 1.54) is 12.8 Å². The van der Waals surface area contributed by atoms with Crippen LogP contribution >= 0.6 is 0 Å². The maximum atomic E-state index is 10.0. The second-order valence-corrected chi connectivity index (χ2v) is 4.97. The average Bonchev–Trinajstić information content (AvgIpc) is 2.48. The molecule has 0 bridgehead atoms. The van der Waals surface area contributed by atoms with E-state index in [1.807, 2.05) is 48.5 Å². The predicted octanol–water partition coefficient (Wildman–Crippen LogP) is 5.09. The summed E-state index contributed by atoms with van der Waals surface area (Å²) in [7, 11) is 0. The first kappa shape index (κ1) is 14.4. The Bertz CT molecular complexity index is 508. The van der Waals surface area contributed by atoms with Crippen LogP contribution in [0.1, 0.15) is 44.3 Å². The van der Waals surface area contributed by atoms with Gasteiger partial charge in [0.15, 0.2) is 0 Å². The molecule has 2 aromatic rings. The van der Waals surface area contributed by atoms with E-state index >= 15 is 0 Å². The standard InChI is InChI=1S/C18H22O2/c1-2-3-5-14-18(16-12-8-9-13-17(16)19)20-15-10-6-4-7-11-15/h4,6-13,18-19H,2-3,5,14H2,1H3. The van der Waals surface area contributed by atoms with E-state index in [0.29, 0.717) is 5.75 Å². The van der Waals surface area contributed by atoms with Crippen molar-refractivity contribution in [2.24, 2.45) is 0 Å². The van der Waals surface area contributed by atoms with E-state index in [0.717, 1.165) is 24.2 Å². The summed E-state index contributed by atoms with van der Waals surface area (Å²) in [6.07, 6.45) is 4.29. The van der Waals surface area contributed by atoms with Crippen molar-refractivity contribution in [2.75, 3.05) is 0 Å². The van der Waals surface area contributed by atoms with Gasteiger partial charge in [-0.1, -0.05) is 56.2 Å². The Morgan fingerprint density at radius 3 is 2.35 bits per heavy atom. The minimum atomic E-state index is -0.0925. The van der Waals surface area contributed by atoms with Crippen molar-refractivity contribution >= 4 is 0 Å². The first-order chi connectivity index (χ1) is 9.81. The Hall–Kier alpha value is -1.96. The maximum Gasteiger partial charge on any atom is 0.127 e. The van der Waals surface area contributed by atoms with Crippen LogP contribution < -0.4 is 4.74 Å². The lowest BCUT2D eigenvalue weighted by Gasteiger charge is -2.20. The van der Waals surface area contributed by atoms with Crippen LogP contribution in [0, 0.1) is 0 Å². The number of benzene rings is 2. The fourth-order valence-corrected chi connectivity index (χ4v) is 2.28. The third-order valence-corrected chi connectivity index (χ3v) is 3.38. The number of aromatic hydroxyl groups is 1. The summed E-state index contributed by atoms with van der Waals surface area (Å²) in [6.45, 7) is 2.19. The average molecular weight is 270 g/mol. The molecule has 20 heavy (non-hydrogen) atoms. The van der Waals surface area contributed by atoms with Crippen LogP contribution in [0.3, 0.4) is 0 Å². The van der Waals surface area contributed by atoms with Gasteiger partial charge in [-0.15, -0.1) is 0 Å². The molecule has 2 rings (SSSR count). The molecule has 2 aromatic carbocycles. The zero-order valence-electron chi connectivity index (χ0n) is 12.0. The number of hydrogen-bond donors (Lipinski definition) is 1. The smallest absolute Gasteiger partial charge is 0.127 e. The van der Waals surface area contributed by atoms with Gasteiger partial charge in [-0.05, 0) is 31.0 Å². The molecule has 1 unspecified atom stereocenters. The molecule has 0 amide bonds. The Balaban J connectivity index is 2.14. The topological polar surface area (TPSA) is 29.5 Å². The molecule has 0 saturated heterocycles. The van der Waals surface area contributed by atoms with Crippen LogP contribution in [0.5, 0.6) is 11.5 Å². The van der Waals surface area contributed by atoms with Crippen molar-refractivity contribution in [1.82, 2.24) is 0 Å². The highest BCUT2D eigenvalue weighted by molar-refractivity contribution is 5.35. The zero-order valence-corrected chi connectivity index (χ0v) is 12.0. The number of para-hydroxylation sites is 2. The van der Waals surface area contributed by atoms with E-state index in [-0.39, 0.29) is 6.10 Å². The highest BCUT2D eigenvalue weighted by atomic mass is 16.5. The van der Waals surface area contributed by atoms with Gasteiger partial charge in [0, 0.05) is 5.56 Å². The minimum Gasteiger partial charge on any atom is -0.508 e. The van der Waals surface area contributed by atoms with Gasteiger partial charge in [0.2, 0.25) is 0 Å². The van der Waals surface area contributed by atoms with Crippen LogP contribution in [0.15, 0.2) is 54.6 Å². The third-order valence-electron chi connectivity index (χ3n) is 3.38. The van der Waals surface area contributed by atoms with Gasteiger partial charge in [-0.25, -0.2) is 0 Å². The molecule has 0 heterocycles. The molecule has 0 aliphatic rings. The minimum absolute atomic E-state index is 0.0925. The second kappa shape index (κ2) is 7.59. The Kier molecular flexibility index (Phi) is 5.48. The van der Waals surface area contributed by atoms with Gasteiger partial charge in [0.05, 0.1) is 0 Å². The highest BCUT2D eigenvalue weighted by Crippen LogP contribution is 2.31. The lowest BCUT2D eigenvalue weighted by atomic mass is 10.0. The molecule has 106 valence electrons. The van der Waals surface area contributed by atoms with Crippen LogP contribution in [0.2, 0.25) is 0 Å². The molecule has 1 N–H and O–H groups in total. The van der Waals surface area contributed by atoms with Gasteiger partial charge in [0.25, 0.3) is 0 Å². The van der Waals surface area contributed by atoms with Crippen molar-refractivity contribution in [3.05, 3.63) is 60.2 Å². The number of hydrogen-bond acceptors (Lipinski definition) is 2. The fourth-order valence-electron chi connectivity index (χ4n) is 2.28. The molecule has 0 spiro atoms. The molecule has 0 aliphatic heterocycles. The van der Waals surface area contributed by atoms with Crippen molar-refractivity contribution in [3.8, 4) is 11.5 Å². The normalized spacial score (nSPS) is 12.1. The van der Waals surface area contributed by atoms with E-state index in [4.69, 9.17) is 4.74 Å². The number of ether oxygens (including phenoxy) is 1. The van der Waals surface area contributed by atoms with Gasteiger partial charge >= 0.3 is 0 Å². The largest absolute Gasteiger partial charge is 0.508 e. The molecule has 0 aliphatic carbocycles. The van der Waals surface area contributed by atoms with Gasteiger partial charge in [0.1, 0.15) is 17.6 Å². The fraction of sp³-hybridized carbons (Fsp3) is 0.333. The van der Waals surface area contributed by atoms with Crippen LogP contribution in [-0.2, 0) is 0 Å². The highest BCUT2D eigenvalue weighted by Gasteiger charge is 2.16. The number of rotatable bonds is 7. The van der Waals surface area contributed by atoms with Crippen LogP contribution in [-0.4, -0.2) is 5.11 Å². The van der Waals surface area contributed by atoms with Crippen LogP contribution in [0.25, 0.3) is 0 Å². The SMILES string of the molecule is CCCCCC(Oc1ccccc1)c1ccccc1O. The Morgan fingerprint density at radius 2 is 1.65 bits per heavy atom. The molecule has 0 saturated carbocycles. The summed E-state index contributed by atoms with van der Waals surface area (Å²) in [5.74, 6) is 1.15. The van der Waals surface area contributed by atoms with E-state index in [2.05, 4.69) is 6.92 Å². The first-order valence-corrected chi connectivity index (χ1v) is 7.31. The van der Waals surface area contributed by atoms with Crippen molar-refractivity contribution in [2.45, 2.75) is 38.7 Å². The van der Waals surface area contributed by atoms with Crippen LogP contribution in [0.4, 0.5) is 0 Å². The molecule has 0 fully saturated rings. The third kappa shape index (κ3) is 4.02. The number of unbranched alkanes of at least 4 members (excludes halogenated alkanes) is 2. The molecule has 2 nitrogen and oxygen atoms in total. The molecule has 2 heteroatoms. The van der Waals surface area contributed by atoms with Gasteiger partial charge < -0.3 is 9.84 Å². The number of phenols is 1. The second-order valence-electron chi connectivity index (χ2n) is 4.97. The van der Waals surface area contributed by atoms with E-state index in [9.17, 15) is 5.11 Å². The summed E-state index contributed by atoms with van der Waals surface area (Å²) in [4.78, 5) is 0. The summed E-state index contributed by atoms with van der Waals surface area (Å²) < 4.78 is 6.07. The Labute approximate surface area is 121 Å². The van der Waals surface area contributed by atoms with Gasteiger partial charge in [-0.2, -0.15) is 0 Å². The summed E-state index contributed by atoms with van der Waals surface area (Å²) in [6, 6.07) is 17.2. The quantitative estimate of drug-likeness (QED) is 0.710. The molecular weight excluding hydrogens is 248 g/mol. The lowest BCUT2D eigenvalue weighted by molar-refractivity contribution is 0.186. The summed E-state index contributed by atoms with van der Waals surface area (Å²) in [5.41, 5.74) is 0.868. The summed E-state index contributed by atoms with van der Waals surface area (Å²) >= 11 is 0. The molecule has 0 radical (unpaired) electrons. The number of phenolic OH excluding ortho intramolecular Hbond substituents is 1. The van der Waals surface area contributed by atoms with E-state index < -0.39 is 0 Å². The van der Waals surface area contributed by atoms with E-state index in [1.54, 1.807) is 6.07 Å². The Morgan fingerprint density at radius 1 is 0.950 bits per heavy atom. The first-order valence-electron chi connectivity index (χ1n) is 7.31. The lowest BCUT2D eigenvalue weighted by Crippen LogP contribution is -2.08. The summed E-state index contributed by atoms with van der Waals surface area (Å²) in [5, 5.41) is 10.0. The predicted molar refractivity (Wildman–Crippen MR) is 82.1 cm³/mol. The maximum absolute atomic E-state index is 10.0.